The van der Waals surface area contributed by atoms with Gasteiger partial charge in [-0.2, -0.15) is 9.61 Å². The van der Waals surface area contributed by atoms with Crippen molar-refractivity contribution in [2.24, 2.45) is 0 Å². The number of rotatable bonds is 7. The zero-order chi connectivity index (χ0) is 24.5. The largest absolute Gasteiger partial charge is 0.369 e. The maximum absolute atomic E-state index is 12.7. The summed E-state index contributed by atoms with van der Waals surface area (Å²) in [7, 11) is -1.68. The molecular formula is C24H27BClN5O2S. The van der Waals surface area contributed by atoms with Gasteiger partial charge in [-0.15, -0.1) is 0 Å². The predicted octanol–water partition coefficient (Wildman–Crippen LogP) is 3.00. The van der Waals surface area contributed by atoms with E-state index in [0.29, 0.717) is 28.7 Å². The third-order valence-electron chi connectivity index (χ3n) is 5.55. The molecule has 0 spiro atoms. The lowest BCUT2D eigenvalue weighted by molar-refractivity contribution is 0.579. The van der Waals surface area contributed by atoms with Crippen LogP contribution in [0.4, 0.5) is 5.82 Å². The number of anilines is 1. The molecule has 2 heterocycles. The third kappa shape index (κ3) is 5.11. The Balaban J connectivity index is 1.49. The summed E-state index contributed by atoms with van der Waals surface area (Å²) in [5, 5.41) is 8.28. The van der Waals surface area contributed by atoms with E-state index in [2.05, 4.69) is 35.9 Å². The van der Waals surface area contributed by atoms with E-state index >= 15 is 0 Å². The Bertz CT molecular complexity index is 1430. The first-order chi connectivity index (χ1) is 16.1. The van der Waals surface area contributed by atoms with Gasteiger partial charge in [0, 0.05) is 35.9 Å². The molecular weight excluding hydrogens is 469 g/mol. The van der Waals surface area contributed by atoms with Crippen LogP contribution in [0, 0.1) is 0 Å². The van der Waals surface area contributed by atoms with Gasteiger partial charge in [0.05, 0.1) is 10.6 Å². The van der Waals surface area contributed by atoms with Crippen LogP contribution in [0.5, 0.6) is 0 Å². The third-order valence-corrected chi connectivity index (χ3v) is 7.36. The Morgan fingerprint density at radius 3 is 2.44 bits per heavy atom. The van der Waals surface area contributed by atoms with E-state index in [1.165, 1.54) is 0 Å². The number of hydrogen-bond acceptors (Lipinski definition) is 5. The topological polar surface area (TPSA) is 88.4 Å². The molecule has 7 nitrogen and oxygen atoms in total. The summed E-state index contributed by atoms with van der Waals surface area (Å²) in [5.41, 5.74) is 4.20. The molecule has 0 fully saturated rings. The molecule has 2 aromatic heterocycles. The van der Waals surface area contributed by atoms with Gasteiger partial charge in [0.25, 0.3) is 0 Å². The summed E-state index contributed by atoms with van der Waals surface area (Å²) >= 11 is 6.39. The average molecular weight is 496 g/mol. The van der Waals surface area contributed by atoms with Crippen LogP contribution >= 0.6 is 11.6 Å². The molecule has 10 heteroatoms. The van der Waals surface area contributed by atoms with E-state index in [1.807, 2.05) is 50.3 Å². The number of hydrogen-bond donors (Lipinski definition) is 2. The fourth-order valence-electron chi connectivity index (χ4n) is 3.60. The Morgan fingerprint density at radius 2 is 1.76 bits per heavy atom. The number of sulfonamides is 1. The molecule has 0 saturated carbocycles. The van der Waals surface area contributed by atoms with Crippen molar-refractivity contribution in [3.63, 3.8) is 0 Å². The monoisotopic (exact) mass is 495 g/mol. The maximum Gasteiger partial charge on any atom is 0.240 e. The van der Waals surface area contributed by atoms with Crippen molar-refractivity contribution >= 4 is 46.4 Å². The van der Waals surface area contributed by atoms with E-state index < -0.39 is 10.0 Å². The molecule has 4 aromatic rings. The molecule has 0 aliphatic heterocycles. The van der Waals surface area contributed by atoms with Crippen LogP contribution in [0.1, 0.15) is 26.3 Å². The van der Waals surface area contributed by atoms with Gasteiger partial charge in [0.15, 0.2) is 5.65 Å². The summed E-state index contributed by atoms with van der Waals surface area (Å²) in [5.74, 6) is 0.696. The molecule has 2 N–H and O–H groups in total. The average Bonchev–Trinajstić information content (AvgIpc) is 3.17. The number of halogens is 1. The van der Waals surface area contributed by atoms with E-state index in [-0.39, 0.29) is 16.9 Å². The van der Waals surface area contributed by atoms with Crippen LogP contribution in [0.25, 0.3) is 16.9 Å². The maximum atomic E-state index is 12.7. The fourth-order valence-corrected chi connectivity index (χ4v) is 4.86. The first-order valence-corrected chi connectivity index (χ1v) is 12.9. The van der Waals surface area contributed by atoms with Crippen LogP contribution in [0.15, 0.2) is 65.7 Å². The Labute approximate surface area is 206 Å². The summed E-state index contributed by atoms with van der Waals surface area (Å²) < 4.78 is 29.8. The zero-order valence-corrected chi connectivity index (χ0v) is 21.2. The summed E-state index contributed by atoms with van der Waals surface area (Å²) in [6.45, 7) is 6.84. The number of nitrogens with one attached hydrogen (secondary N) is 2. The second-order valence-electron chi connectivity index (χ2n) is 9.17. The molecule has 0 bridgehead atoms. The van der Waals surface area contributed by atoms with Crippen LogP contribution < -0.4 is 15.5 Å². The van der Waals surface area contributed by atoms with Gasteiger partial charge in [-0.25, -0.2) is 18.1 Å². The summed E-state index contributed by atoms with van der Waals surface area (Å²) in [4.78, 5) is 4.97. The van der Waals surface area contributed by atoms with E-state index in [1.54, 1.807) is 22.8 Å². The van der Waals surface area contributed by atoms with Gasteiger partial charge in [-0.05, 0) is 34.6 Å². The van der Waals surface area contributed by atoms with Crippen molar-refractivity contribution in [1.82, 2.24) is 19.3 Å². The second-order valence-corrected chi connectivity index (χ2v) is 11.3. The molecule has 0 unspecified atom stereocenters. The van der Waals surface area contributed by atoms with Gasteiger partial charge >= 0.3 is 0 Å². The number of benzene rings is 2. The standard InChI is InChI=1S/C24H27BClN5O2S/c1-24(2,3)16-8-10-17(11-9-16)34(32,33)29-13-12-27-22-14-21(18-6-4-5-7-20(18)26)30-23-19(25)15-28-31(22)23/h4-11,14-15,27,29H,12-13,25H2,1-3H3. The van der Waals surface area contributed by atoms with Crippen molar-refractivity contribution < 1.29 is 8.42 Å². The molecule has 0 amide bonds. The van der Waals surface area contributed by atoms with Gasteiger partial charge in [-0.3, -0.25) is 0 Å². The molecule has 4 rings (SSSR count). The fraction of sp³-hybridized carbons (Fsp3) is 0.250. The minimum absolute atomic E-state index is 0.0385. The minimum atomic E-state index is -3.61. The van der Waals surface area contributed by atoms with Crippen molar-refractivity contribution in [3.05, 3.63) is 71.4 Å². The van der Waals surface area contributed by atoms with Gasteiger partial charge in [-0.1, -0.05) is 62.7 Å². The van der Waals surface area contributed by atoms with Crippen molar-refractivity contribution in [2.75, 3.05) is 18.4 Å². The number of nitrogens with zero attached hydrogens (tertiary/aromatic N) is 3. The lowest BCUT2D eigenvalue weighted by atomic mass is 9.87. The lowest BCUT2D eigenvalue weighted by Crippen LogP contribution is -2.29. The normalized spacial score (nSPS) is 12.2. The highest BCUT2D eigenvalue weighted by Crippen LogP contribution is 2.28. The Morgan fingerprint density at radius 1 is 1.06 bits per heavy atom. The van der Waals surface area contributed by atoms with Crippen LogP contribution in [-0.4, -0.2) is 44.0 Å². The van der Waals surface area contributed by atoms with Gasteiger partial charge in [0.1, 0.15) is 13.7 Å². The summed E-state index contributed by atoms with van der Waals surface area (Å²) in [6.07, 6.45) is 1.74. The number of fused-ring (bicyclic) bond motifs is 1. The van der Waals surface area contributed by atoms with Gasteiger partial charge in [0.2, 0.25) is 10.0 Å². The van der Waals surface area contributed by atoms with E-state index in [4.69, 9.17) is 16.6 Å². The zero-order valence-electron chi connectivity index (χ0n) is 19.6. The van der Waals surface area contributed by atoms with Gasteiger partial charge < -0.3 is 5.32 Å². The van der Waals surface area contributed by atoms with E-state index in [9.17, 15) is 8.42 Å². The minimum Gasteiger partial charge on any atom is -0.369 e. The molecule has 34 heavy (non-hydrogen) atoms. The van der Waals surface area contributed by atoms with Crippen LogP contribution in [-0.2, 0) is 15.4 Å². The smallest absolute Gasteiger partial charge is 0.240 e. The quantitative estimate of drug-likeness (QED) is 0.304. The highest BCUT2D eigenvalue weighted by molar-refractivity contribution is 7.89. The van der Waals surface area contributed by atoms with Crippen LogP contribution in [0.2, 0.25) is 5.02 Å². The first-order valence-electron chi connectivity index (χ1n) is 11.0. The lowest BCUT2D eigenvalue weighted by Gasteiger charge is -2.19. The highest BCUT2D eigenvalue weighted by Gasteiger charge is 2.17. The molecule has 0 aliphatic rings. The molecule has 2 aromatic carbocycles. The Hall–Kier alpha value is -2.88. The second kappa shape index (κ2) is 9.41. The highest BCUT2D eigenvalue weighted by atomic mass is 35.5. The van der Waals surface area contributed by atoms with E-state index in [0.717, 1.165) is 16.6 Å². The molecule has 0 saturated heterocycles. The van der Waals surface area contributed by atoms with Crippen molar-refractivity contribution in [2.45, 2.75) is 31.1 Å². The molecule has 0 aliphatic carbocycles. The summed E-state index contributed by atoms with van der Waals surface area (Å²) in [6, 6.07) is 16.4. The predicted molar refractivity (Wildman–Crippen MR) is 140 cm³/mol. The van der Waals surface area contributed by atoms with Crippen molar-refractivity contribution in [3.8, 4) is 11.3 Å². The SMILES string of the molecule is Bc1cnn2c(NCCNS(=O)(=O)c3ccc(C(C)(C)C)cc3)cc(-c3ccccc3Cl)nc12. The molecule has 0 radical (unpaired) electrons. The number of aromatic nitrogens is 3. The molecule has 0 atom stereocenters. The van der Waals surface area contributed by atoms with Crippen molar-refractivity contribution in [1.29, 1.82) is 0 Å². The first kappa shape index (κ1) is 24.3. The molecule has 176 valence electrons. The Kier molecular flexibility index (Phi) is 6.71. The van der Waals surface area contributed by atoms with Crippen LogP contribution in [0.3, 0.4) is 0 Å².